The number of carbonyl (C=O) groups excluding carboxylic acids is 1. The molecule has 0 aliphatic rings. The summed E-state index contributed by atoms with van der Waals surface area (Å²) in [7, 11) is 1.80. The largest absolute Gasteiger partial charge is 0.493 e. The van der Waals surface area contributed by atoms with Gasteiger partial charge in [0.05, 0.1) is 19.6 Å². The summed E-state index contributed by atoms with van der Waals surface area (Å²) in [5.74, 6) is 1.40. The summed E-state index contributed by atoms with van der Waals surface area (Å²) in [5, 5.41) is 9.50. The van der Waals surface area contributed by atoms with Crippen molar-refractivity contribution >= 4 is 18.1 Å². The molecule has 0 saturated heterocycles. The van der Waals surface area contributed by atoms with Gasteiger partial charge in [-0.25, -0.2) is 0 Å². The minimum atomic E-state index is -0.0849. The number of carbonyl (C=O) groups is 1. The highest BCUT2D eigenvalue weighted by atomic mass is 32.1. The molecular weight excluding hydrogens is 300 g/mol. The van der Waals surface area contributed by atoms with Crippen LogP contribution in [0.1, 0.15) is 23.4 Å². The number of H-pyrrole nitrogens is 1. The maximum absolute atomic E-state index is 11.8. The van der Waals surface area contributed by atoms with Crippen molar-refractivity contribution in [2.75, 3.05) is 6.61 Å². The van der Waals surface area contributed by atoms with E-state index in [2.05, 4.69) is 21.6 Å². The van der Waals surface area contributed by atoms with Crippen LogP contribution in [-0.4, -0.2) is 27.3 Å². The van der Waals surface area contributed by atoms with E-state index in [-0.39, 0.29) is 5.91 Å². The van der Waals surface area contributed by atoms with E-state index in [1.807, 2.05) is 26.0 Å². The minimum absolute atomic E-state index is 0.0849. The third kappa shape index (κ3) is 4.42. The van der Waals surface area contributed by atoms with Crippen molar-refractivity contribution in [2.24, 2.45) is 7.05 Å². The number of aromatic amines is 1. The zero-order valence-corrected chi connectivity index (χ0v) is 13.8. The van der Waals surface area contributed by atoms with Gasteiger partial charge >= 0.3 is 0 Å². The van der Waals surface area contributed by atoms with Crippen molar-refractivity contribution in [3.8, 4) is 5.75 Å². The molecule has 22 heavy (non-hydrogen) atoms. The Morgan fingerprint density at radius 3 is 2.64 bits per heavy atom. The van der Waals surface area contributed by atoms with E-state index in [1.165, 1.54) is 0 Å². The van der Waals surface area contributed by atoms with Crippen LogP contribution in [0.3, 0.4) is 0 Å². The number of aromatic nitrogens is 3. The van der Waals surface area contributed by atoms with E-state index < -0.39 is 0 Å². The van der Waals surface area contributed by atoms with Crippen LogP contribution in [0.4, 0.5) is 0 Å². The molecule has 1 amide bonds. The number of amides is 1. The lowest BCUT2D eigenvalue weighted by Gasteiger charge is -2.08. The molecule has 0 spiro atoms. The Kier molecular flexibility index (Phi) is 5.32. The van der Waals surface area contributed by atoms with Gasteiger partial charge in [-0.3, -0.25) is 9.89 Å². The molecule has 0 atom stereocenters. The van der Waals surface area contributed by atoms with Gasteiger partial charge < -0.3 is 14.6 Å². The Morgan fingerprint density at radius 1 is 1.36 bits per heavy atom. The summed E-state index contributed by atoms with van der Waals surface area (Å²) in [6.07, 6.45) is 0.294. The number of rotatable bonds is 6. The third-order valence-corrected chi connectivity index (χ3v) is 3.57. The lowest BCUT2D eigenvalue weighted by Crippen LogP contribution is -2.25. The molecule has 118 valence electrons. The van der Waals surface area contributed by atoms with Gasteiger partial charge in [0.25, 0.3) is 0 Å². The molecule has 0 radical (unpaired) electrons. The van der Waals surface area contributed by atoms with E-state index in [4.69, 9.17) is 17.0 Å². The van der Waals surface area contributed by atoms with Crippen LogP contribution in [0.5, 0.6) is 5.75 Å². The van der Waals surface area contributed by atoms with Gasteiger partial charge in [-0.05, 0) is 49.3 Å². The van der Waals surface area contributed by atoms with E-state index in [0.29, 0.717) is 30.2 Å². The highest BCUT2D eigenvalue weighted by Gasteiger charge is 2.06. The first-order chi connectivity index (χ1) is 10.5. The van der Waals surface area contributed by atoms with Crippen LogP contribution in [0.15, 0.2) is 18.2 Å². The first-order valence-electron chi connectivity index (χ1n) is 7.04. The van der Waals surface area contributed by atoms with E-state index in [0.717, 1.165) is 16.9 Å². The molecule has 1 heterocycles. The number of benzene rings is 1. The average Bonchev–Trinajstić information content (AvgIpc) is 2.75. The van der Waals surface area contributed by atoms with Gasteiger partial charge in [0.1, 0.15) is 5.75 Å². The van der Waals surface area contributed by atoms with Crippen molar-refractivity contribution in [1.82, 2.24) is 20.1 Å². The quantitative estimate of drug-likeness (QED) is 0.800. The highest BCUT2D eigenvalue weighted by molar-refractivity contribution is 7.71. The van der Waals surface area contributed by atoms with Gasteiger partial charge in [-0.1, -0.05) is 6.07 Å². The van der Waals surface area contributed by atoms with E-state index in [1.54, 1.807) is 11.6 Å². The number of hydrogen-bond donors (Lipinski definition) is 2. The second-order valence-corrected chi connectivity index (χ2v) is 5.59. The Bertz CT molecular complexity index is 700. The van der Waals surface area contributed by atoms with Crippen LogP contribution < -0.4 is 10.1 Å². The summed E-state index contributed by atoms with van der Waals surface area (Å²) in [5.41, 5.74) is 2.29. The standard InChI is InChI=1S/C15H20N4O2S/c1-10-6-11(2)8-12(7-10)21-5-4-14(20)16-9-13-17-18-15(22)19(13)3/h6-8H,4-5,9H2,1-3H3,(H,16,20)(H,18,22). The first-order valence-corrected chi connectivity index (χ1v) is 7.44. The summed E-state index contributed by atoms with van der Waals surface area (Å²) < 4.78 is 7.87. The molecule has 0 aliphatic carbocycles. The Morgan fingerprint density at radius 2 is 2.05 bits per heavy atom. The SMILES string of the molecule is Cc1cc(C)cc(OCCC(=O)NCc2n[nH]c(=S)n2C)c1. The van der Waals surface area contributed by atoms with Crippen LogP contribution in [0.2, 0.25) is 0 Å². The molecular formula is C15H20N4O2S. The monoisotopic (exact) mass is 320 g/mol. The molecule has 6 nitrogen and oxygen atoms in total. The van der Waals surface area contributed by atoms with Gasteiger partial charge in [0, 0.05) is 7.05 Å². The molecule has 0 aliphatic heterocycles. The zero-order chi connectivity index (χ0) is 16.1. The first kappa shape index (κ1) is 16.2. The number of aryl methyl sites for hydroxylation is 2. The molecule has 1 aromatic carbocycles. The molecule has 2 aromatic rings. The molecule has 0 fully saturated rings. The Balaban J connectivity index is 1.76. The van der Waals surface area contributed by atoms with Crippen LogP contribution in [0, 0.1) is 18.6 Å². The molecule has 0 unspecified atom stereocenters. The average molecular weight is 320 g/mol. The van der Waals surface area contributed by atoms with Gasteiger partial charge in [0.2, 0.25) is 5.91 Å². The van der Waals surface area contributed by atoms with Crippen molar-refractivity contribution in [1.29, 1.82) is 0 Å². The van der Waals surface area contributed by atoms with E-state index >= 15 is 0 Å². The zero-order valence-electron chi connectivity index (χ0n) is 13.0. The number of nitrogens with zero attached hydrogens (tertiary/aromatic N) is 2. The Hall–Kier alpha value is -2.15. The number of hydrogen-bond acceptors (Lipinski definition) is 4. The fourth-order valence-electron chi connectivity index (χ4n) is 2.08. The van der Waals surface area contributed by atoms with Crippen LogP contribution in [-0.2, 0) is 18.4 Å². The van der Waals surface area contributed by atoms with Crippen molar-refractivity contribution < 1.29 is 9.53 Å². The molecule has 7 heteroatoms. The van der Waals surface area contributed by atoms with Gasteiger partial charge in [0.15, 0.2) is 10.6 Å². The predicted octanol–water partition coefficient (Wildman–Crippen LogP) is 2.18. The fourth-order valence-corrected chi connectivity index (χ4v) is 2.23. The van der Waals surface area contributed by atoms with Crippen LogP contribution in [0.25, 0.3) is 0 Å². The topological polar surface area (TPSA) is 71.9 Å². The predicted molar refractivity (Wildman–Crippen MR) is 86.3 cm³/mol. The van der Waals surface area contributed by atoms with Gasteiger partial charge in [-0.15, -0.1) is 0 Å². The molecule has 1 aromatic heterocycles. The molecule has 2 N–H and O–H groups in total. The van der Waals surface area contributed by atoms with Crippen molar-refractivity contribution in [3.05, 3.63) is 39.9 Å². The second-order valence-electron chi connectivity index (χ2n) is 5.20. The highest BCUT2D eigenvalue weighted by Crippen LogP contribution is 2.16. The lowest BCUT2D eigenvalue weighted by atomic mass is 10.1. The third-order valence-electron chi connectivity index (χ3n) is 3.21. The van der Waals surface area contributed by atoms with Crippen LogP contribution >= 0.6 is 12.2 Å². The smallest absolute Gasteiger partial charge is 0.223 e. The summed E-state index contributed by atoms with van der Waals surface area (Å²) in [4.78, 5) is 11.8. The maximum atomic E-state index is 11.8. The summed E-state index contributed by atoms with van der Waals surface area (Å²) in [6.45, 7) is 4.72. The normalized spacial score (nSPS) is 10.5. The molecule has 0 bridgehead atoms. The second kappa shape index (κ2) is 7.22. The van der Waals surface area contributed by atoms with E-state index in [9.17, 15) is 4.79 Å². The number of ether oxygens (including phenoxy) is 1. The minimum Gasteiger partial charge on any atom is -0.493 e. The van der Waals surface area contributed by atoms with Crippen molar-refractivity contribution in [3.63, 3.8) is 0 Å². The molecule has 0 saturated carbocycles. The van der Waals surface area contributed by atoms with Crippen molar-refractivity contribution in [2.45, 2.75) is 26.8 Å². The Labute approximate surface area is 134 Å². The van der Waals surface area contributed by atoms with Gasteiger partial charge in [-0.2, -0.15) is 5.10 Å². The summed E-state index contributed by atoms with van der Waals surface area (Å²) >= 11 is 5.01. The fraction of sp³-hybridized carbons (Fsp3) is 0.400. The number of nitrogens with one attached hydrogen (secondary N) is 2. The lowest BCUT2D eigenvalue weighted by molar-refractivity contribution is -0.121. The maximum Gasteiger partial charge on any atom is 0.223 e. The summed E-state index contributed by atoms with van der Waals surface area (Å²) in [6, 6.07) is 6.00. The molecule has 2 rings (SSSR count).